The van der Waals surface area contributed by atoms with Crippen molar-refractivity contribution in [1.82, 2.24) is 0 Å². The fourth-order valence-corrected chi connectivity index (χ4v) is 5.25. The van der Waals surface area contributed by atoms with E-state index in [2.05, 4.69) is 0 Å². The first-order valence-corrected chi connectivity index (χ1v) is 15.3. The van der Waals surface area contributed by atoms with Gasteiger partial charge in [0.05, 0.1) is 33.0 Å². The third-order valence-corrected chi connectivity index (χ3v) is 7.47. The molecule has 0 unspecified atom stereocenters. The summed E-state index contributed by atoms with van der Waals surface area (Å²) in [4.78, 5) is 12.3. The quantitative estimate of drug-likeness (QED) is 0.151. The topological polar surface area (TPSA) is 108 Å². The smallest absolute Gasteiger partial charge is 0.323 e. The zero-order valence-electron chi connectivity index (χ0n) is 26.2. The van der Waals surface area contributed by atoms with Crippen molar-refractivity contribution in [3.8, 4) is 0 Å². The molecule has 0 bridgehead atoms. The number of halogens is 2. The zero-order valence-corrected chi connectivity index (χ0v) is 26.2. The molecule has 1 aliphatic heterocycles. The van der Waals surface area contributed by atoms with Gasteiger partial charge in [-0.2, -0.15) is 0 Å². The molecule has 1 fully saturated rings. The van der Waals surface area contributed by atoms with Crippen LogP contribution in [0.25, 0.3) is 0 Å². The highest BCUT2D eigenvalue weighted by molar-refractivity contribution is 5.75. The number of alkyl halides is 2. The number of carbonyl (C=O) groups is 1. The Bertz CT molecular complexity index is 1290. The normalized spacial score (nSPS) is 22.3. The predicted octanol–water partition coefficient (Wildman–Crippen LogP) is 5.05. The Morgan fingerprint density at radius 1 is 0.804 bits per heavy atom. The maximum Gasteiger partial charge on any atom is 0.323 e. The summed E-state index contributed by atoms with van der Waals surface area (Å²) in [6.07, 6.45) is -7.28. The lowest BCUT2D eigenvalue weighted by atomic mass is 9.89. The van der Waals surface area contributed by atoms with Crippen LogP contribution >= 0.6 is 0 Å². The molecule has 3 aromatic carbocycles. The summed E-state index contributed by atoms with van der Waals surface area (Å²) in [5.74, 6) is -4.59. The van der Waals surface area contributed by atoms with Gasteiger partial charge in [-0.15, -0.1) is 0 Å². The van der Waals surface area contributed by atoms with Crippen LogP contribution in [0.1, 0.15) is 30.0 Å². The van der Waals surface area contributed by atoms with Crippen molar-refractivity contribution in [2.75, 3.05) is 27.1 Å². The average Bonchev–Trinajstić information content (AvgIpc) is 3.07. The summed E-state index contributed by atoms with van der Waals surface area (Å²) in [6.45, 7) is 1.63. The molecule has 0 aliphatic carbocycles. The van der Waals surface area contributed by atoms with Crippen molar-refractivity contribution in [2.45, 2.75) is 75.6 Å². The van der Waals surface area contributed by atoms with Crippen LogP contribution in [0.4, 0.5) is 8.78 Å². The molecule has 0 saturated carbocycles. The standard InChI is InChI=1S/C35H43F2NO8/c1-3-42-34(39)28(38)19-35(36,37)33-32(45-24-40-2)31(44-22-27-17-11-6-12-18-27)30(43-21-26-15-9-5-10-16-26)29(46-33)23-41-20-25-13-7-4-8-14-25/h4-18,28-33H,3,19-24,38H2,1-2H3/t28-,29+,30-,31-,32+,33-/m0/s1. The molecule has 46 heavy (non-hydrogen) atoms. The van der Waals surface area contributed by atoms with Crippen molar-refractivity contribution >= 4 is 5.97 Å². The number of nitrogens with two attached hydrogens (primary N) is 1. The largest absolute Gasteiger partial charge is 0.465 e. The van der Waals surface area contributed by atoms with Gasteiger partial charge in [0, 0.05) is 13.5 Å². The maximum atomic E-state index is 16.2. The van der Waals surface area contributed by atoms with Crippen molar-refractivity contribution < 1.29 is 46.7 Å². The number of benzene rings is 3. The van der Waals surface area contributed by atoms with Crippen molar-refractivity contribution in [2.24, 2.45) is 5.73 Å². The highest BCUT2D eigenvalue weighted by atomic mass is 19.3. The molecule has 0 radical (unpaired) electrons. The molecule has 0 aromatic heterocycles. The van der Waals surface area contributed by atoms with Crippen LogP contribution in [0.2, 0.25) is 0 Å². The summed E-state index contributed by atoms with van der Waals surface area (Å²) in [5.41, 5.74) is 8.47. The number of methoxy groups -OCH3 is 1. The molecular formula is C35H43F2NO8. The van der Waals surface area contributed by atoms with Gasteiger partial charge in [-0.1, -0.05) is 91.0 Å². The van der Waals surface area contributed by atoms with Gasteiger partial charge in [0.2, 0.25) is 0 Å². The summed E-state index contributed by atoms with van der Waals surface area (Å²) in [6, 6.07) is 26.7. The minimum absolute atomic E-state index is 0.00820. The second-order valence-electron chi connectivity index (χ2n) is 11.0. The van der Waals surface area contributed by atoms with E-state index >= 15 is 8.78 Å². The summed E-state index contributed by atoms with van der Waals surface area (Å²) in [5, 5.41) is 0. The highest BCUT2D eigenvalue weighted by Crippen LogP contribution is 2.39. The van der Waals surface area contributed by atoms with Gasteiger partial charge >= 0.3 is 5.97 Å². The Morgan fingerprint density at radius 3 is 1.85 bits per heavy atom. The molecule has 0 spiro atoms. The second-order valence-corrected chi connectivity index (χ2v) is 11.0. The van der Waals surface area contributed by atoms with Crippen molar-refractivity contribution in [1.29, 1.82) is 0 Å². The number of esters is 1. The first-order chi connectivity index (χ1) is 22.3. The molecule has 11 heteroatoms. The molecular weight excluding hydrogens is 600 g/mol. The van der Waals surface area contributed by atoms with Gasteiger partial charge in [-0.3, -0.25) is 4.79 Å². The maximum absolute atomic E-state index is 16.2. The monoisotopic (exact) mass is 643 g/mol. The average molecular weight is 644 g/mol. The number of hydrogen-bond donors (Lipinski definition) is 1. The van der Waals surface area contributed by atoms with E-state index in [4.69, 9.17) is 38.9 Å². The van der Waals surface area contributed by atoms with E-state index in [1.807, 2.05) is 91.0 Å². The van der Waals surface area contributed by atoms with E-state index < -0.39 is 54.9 Å². The Morgan fingerprint density at radius 2 is 1.33 bits per heavy atom. The van der Waals surface area contributed by atoms with E-state index in [0.717, 1.165) is 16.7 Å². The van der Waals surface area contributed by atoms with E-state index in [1.165, 1.54) is 7.11 Å². The third kappa shape index (κ3) is 10.4. The highest BCUT2D eigenvalue weighted by Gasteiger charge is 2.58. The van der Waals surface area contributed by atoms with Gasteiger partial charge in [-0.25, -0.2) is 8.78 Å². The van der Waals surface area contributed by atoms with Crippen LogP contribution in [0.5, 0.6) is 0 Å². The lowest BCUT2D eigenvalue weighted by molar-refractivity contribution is -0.317. The molecule has 1 saturated heterocycles. The fraction of sp³-hybridized carbons (Fsp3) is 0.457. The molecule has 250 valence electrons. The molecule has 3 aromatic rings. The minimum atomic E-state index is -3.65. The number of carbonyl (C=O) groups excluding carboxylic acids is 1. The first kappa shape index (κ1) is 35.6. The van der Waals surface area contributed by atoms with Gasteiger partial charge < -0.3 is 38.9 Å². The summed E-state index contributed by atoms with van der Waals surface area (Å²) >= 11 is 0. The van der Waals surface area contributed by atoms with Crippen LogP contribution in [0, 0.1) is 0 Å². The van der Waals surface area contributed by atoms with Crippen LogP contribution in [0.15, 0.2) is 91.0 Å². The van der Waals surface area contributed by atoms with Gasteiger partial charge in [0.25, 0.3) is 5.92 Å². The lowest BCUT2D eigenvalue weighted by Gasteiger charge is -2.48. The predicted molar refractivity (Wildman–Crippen MR) is 166 cm³/mol. The third-order valence-electron chi connectivity index (χ3n) is 7.47. The minimum Gasteiger partial charge on any atom is -0.465 e. The van der Waals surface area contributed by atoms with E-state index in [9.17, 15) is 4.79 Å². The Balaban J connectivity index is 1.67. The molecule has 2 N–H and O–H groups in total. The SMILES string of the molecule is CCOC(=O)[C@@H](N)CC(F)(F)[C@H]1O[C@H](COCc2ccccc2)[C@H](OCc2ccccc2)[C@H](OCc2ccccc2)[C@H]1OCOC. The Hall–Kier alpha value is -3.29. The lowest BCUT2D eigenvalue weighted by Crippen LogP contribution is -2.66. The van der Waals surface area contributed by atoms with Gasteiger partial charge in [-0.05, 0) is 23.6 Å². The summed E-state index contributed by atoms with van der Waals surface area (Å²) < 4.78 is 73.4. The second kappa shape index (κ2) is 18.2. The van der Waals surface area contributed by atoms with Gasteiger partial charge in [0.15, 0.2) is 6.10 Å². The number of hydrogen-bond acceptors (Lipinski definition) is 9. The van der Waals surface area contributed by atoms with Crippen LogP contribution in [-0.2, 0) is 57.8 Å². The molecule has 0 amide bonds. The zero-order chi connectivity index (χ0) is 32.8. The van der Waals surface area contributed by atoms with Gasteiger partial charge in [0.1, 0.15) is 37.3 Å². The number of rotatable bonds is 18. The molecule has 1 aliphatic rings. The number of ether oxygens (including phenoxy) is 7. The Kier molecular flexibility index (Phi) is 14.0. The molecule has 6 atom stereocenters. The van der Waals surface area contributed by atoms with Crippen LogP contribution < -0.4 is 5.73 Å². The first-order valence-electron chi connectivity index (χ1n) is 15.3. The molecule has 9 nitrogen and oxygen atoms in total. The summed E-state index contributed by atoms with van der Waals surface area (Å²) in [7, 11) is 1.39. The van der Waals surface area contributed by atoms with Crippen molar-refractivity contribution in [3.63, 3.8) is 0 Å². The molecule has 4 rings (SSSR count). The van der Waals surface area contributed by atoms with E-state index in [-0.39, 0.29) is 39.8 Å². The van der Waals surface area contributed by atoms with Crippen LogP contribution in [-0.4, -0.2) is 75.6 Å². The molecule has 1 heterocycles. The fourth-order valence-electron chi connectivity index (χ4n) is 5.25. The Labute approximate surface area is 268 Å². The van der Waals surface area contributed by atoms with Crippen molar-refractivity contribution in [3.05, 3.63) is 108 Å². The van der Waals surface area contributed by atoms with E-state index in [0.29, 0.717) is 0 Å². The van der Waals surface area contributed by atoms with Crippen LogP contribution in [0.3, 0.4) is 0 Å². The van der Waals surface area contributed by atoms with E-state index in [1.54, 1.807) is 6.92 Å².